The van der Waals surface area contributed by atoms with Crippen molar-refractivity contribution in [2.24, 2.45) is 0 Å². The molecule has 1 aromatic heterocycles. The van der Waals surface area contributed by atoms with Crippen LogP contribution in [0, 0.1) is 0 Å². The molecule has 1 N–H and O–H groups in total. The van der Waals surface area contributed by atoms with E-state index in [-0.39, 0.29) is 11.9 Å². The number of amides is 1. The van der Waals surface area contributed by atoms with Gasteiger partial charge in [0.05, 0.1) is 5.41 Å². The number of nitrogens with zero attached hydrogens (tertiary/aromatic N) is 2. The highest BCUT2D eigenvalue weighted by atomic mass is 35.5. The number of hydrogen-bond acceptors (Lipinski definition) is 3. The van der Waals surface area contributed by atoms with Crippen LogP contribution in [0.1, 0.15) is 19.4 Å². The zero-order chi connectivity index (χ0) is 13.9. The Labute approximate surface area is 116 Å². The van der Waals surface area contributed by atoms with Crippen LogP contribution in [0.25, 0.3) is 0 Å². The van der Waals surface area contributed by atoms with Gasteiger partial charge in [-0.25, -0.2) is 9.97 Å². The van der Waals surface area contributed by atoms with Crippen molar-refractivity contribution in [2.75, 3.05) is 5.32 Å². The Morgan fingerprint density at radius 1 is 1.21 bits per heavy atom. The van der Waals surface area contributed by atoms with Gasteiger partial charge in [0.15, 0.2) is 0 Å². The smallest absolute Gasteiger partial charge is 0.236 e. The Hall–Kier alpha value is -1.94. The van der Waals surface area contributed by atoms with E-state index in [9.17, 15) is 4.79 Å². The number of aromatic nitrogens is 2. The first-order valence-corrected chi connectivity index (χ1v) is 6.23. The fraction of sp³-hybridized carbons (Fsp3) is 0.214. The fourth-order valence-electron chi connectivity index (χ4n) is 1.64. The monoisotopic (exact) mass is 275 g/mol. The van der Waals surface area contributed by atoms with Crippen LogP contribution in [0.4, 0.5) is 5.95 Å². The topological polar surface area (TPSA) is 54.9 Å². The van der Waals surface area contributed by atoms with Crippen LogP contribution in [-0.2, 0) is 10.2 Å². The minimum Gasteiger partial charge on any atom is -0.294 e. The number of carbonyl (C=O) groups is 1. The number of anilines is 1. The molecule has 0 aliphatic carbocycles. The lowest BCUT2D eigenvalue weighted by Crippen LogP contribution is -2.35. The number of carbonyl (C=O) groups excluding carboxylic acids is 1. The highest BCUT2D eigenvalue weighted by molar-refractivity contribution is 6.29. The van der Waals surface area contributed by atoms with Gasteiger partial charge in [-0.05, 0) is 25.5 Å². The van der Waals surface area contributed by atoms with E-state index in [1.54, 1.807) is 6.07 Å². The summed E-state index contributed by atoms with van der Waals surface area (Å²) in [5.41, 5.74) is 0.252. The Kier molecular flexibility index (Phi) is 3.81. The number of benzene rings is 1. The van der Waals surface area contributed by atoms with Crippen LogP contribution >= 0.6 is 11.6 Å². The highest BCUT2D eigenvalue weighted by Gasteiger charge is 2.30. The van der Waals surface area contributed by atoms with Crippen LogP contribution in [0.5, 0.6) is 0 Å². The summed E-state index contributed by atoms with van der Waals surface area (Å²) in [7, 11) is 0. The molecule has 0 atom stereocenters. The molecule has 4 nitrogen and oxygen atoms in total. The molecule has 2 rings (SSSR count). The zero-order valence-electron chi connectivity index (χ0n) is 10.7. The SMILES string of the molecule is CC(C)(C(=O)Nc1nccc(Cl)n1)c1ccccc1. The first-order chi connectivity index (χ1) is 9.00. The van der Waals surface area contributed by atoms with Gasteiger partial charge < -0.3 is 0 Å². The van der Waals surface area contributed by atoms with Crippen molar-refractivity contribution in [3.63, 3.8) is 0 Å². The van der Waals surface area contributed by atoms with Crippen molar-refractivity contribution >= 4 is 23.5 Å². The third-order valence-corrected chi connectivity index (χ3v) is 3.12. The van der Waals surface area contributed by atoms with E-state index in [2.05, 4.69) is 15.3 Å². The Morgan fingerprint density at radius 2 is 1.89 bits per heavy atom. The molecule has 0 fully saturated rings. The second-order valence-corrected chi connectivity index (χ2v) is 5.04. The molecule has 0 spiro atoms. The van der Waals surface area contributed by atoms with Crippen LogP contribution in [0.3, 0.4) is 0 Å². The summed E-state index contributed by atoms with van der Waals surface area (Å²) >= 11 is 5.76. The van der Waals surface area contributed by atoms with Crippen molar-refractivity contribution in [3.8, 4) is 0 Å². The molecule has 19 heavy (non-hydrogen) atoms. The van der Waals surface area contributed by atoms with Gasteiger partial charge in [0.2, 0.25) is 11.9 Å². The molecule has 0 aliphatic rings. The van der Waals surface area contributed by atoms with Crippen molar-refractivity contribution in [1.29, 1.82) is 0 Å². The van der Waals surface area contributed by atoms with Gasteiger partial charge in [0.25, 0.3) is 0 Å². The molecule has 98 valence electrons. The van der Waals surface area contributed by atoms with E-state index >= 15 is 0 Å². The molecular weight excluding hydrogens is 262 g/mol. The number of nitrogens with one attached hydrogen (secondary N) is 1. The van der Waals surface area contributed by atoms with Gasteiger partial charge in [-0.1, -0.05) is 41.9 Å². The average Bonchev–Trinajstić information content (AvgIpc) is 2.39. The summed E-state index contributed by atoms with van der Waals surface area (Å²) in [4.78, 5) is 20.2. The predicted octanol–water partition coefficient (Wildman–Crippen LogP) is 3.05. The molecule has 0 unspecified atom stereocenters. The highest BCUT2D eigenvalue weighted by Crippen LogP contribution is 2.24. The Bertz CT molecular complexity index is 584. The van der Waals surface area contributed by atoms with E-state index < -0.39 is 5.41 Å². The molecular formula is C14H14ClN3O. The molecule has 2 aromatic rings. The third kappa shape index (κ3) is 3.09. The van der Waals surface area contributed by atoms with E-state index in [1.807, 2.05) is 44.2 Å². The van der Waals surface area contributed by atoms with E-state index in [0.29, 0.717) is 5.15 Å². The minimum absolute atomic E-state index is 0.180. The Morgan fingerprint density at radius 3 is 2.53 bits per heavy atom. The quantitative estimate of drug-likeness (QED) is 0.876. The maximum absolute atomic E-state index is 12.3. The lowest BCUT2D eigenvalue weighted by Gasteiger charge is -2.23. The molecule has 0 saturated heterocycles. The van der Waals surface area contributed by atoms with Crippen LogP contribution in [-0.4, -0.2) is 15.9 Å². The predicted molar refractivity (Wildman–Crippen MR) is 75.1 cm³/mol. The van der Waals surface area contributed by atoms with E-state index in [4.69, 9.17) is 11.6 Å². The van der Waals surface area contributed by atoms with Gasteiger partial charge in [-0.2, -0.15) is 0 Å². The number of hydrogen-bond donors (Lipinski definition) is 1. The molecule has 0 aliphatic heterocycles. The summed E-state index contributed by atoms with van der Waals surface area (Å²) in [5.74, 6) is 0.0301. The van der Waals surface area contributed by atoms with Gasteiger partial charge >= 0.3 is 0 Å². The zero-order valence-corrected chi connectivity index (χ0v) is 11.5. The van der Waals surface area contributed by atoms with Crippen molar-refractivity contribution in [2.45, 2.75) is 19.3 Å². The van der Waals surface area contributed by atoms with Gasteiger partial charge in [0.1, 0.15) is 5.15 Å². The molecule has 0 bridgehead atoms. The van der Waals surface area contributed by atoms with Crippen LogP contribution < -0.4 is 5.32 Å². The van der Waals surface area contributed by atoms with Crippen molar-refractivity contribution < 1.29 is 4.79 Å². The summed E-state index contributed by atoms with van der Waals surface area (Å²) in [5, 5.41) is 2.97. The lowest BCUT2D eigenvalue weighted by molar-refractivity contribution is -0.120. The molecule has 1 aromatic carbocycles. The third-order valence-electron chi connectivity index (χ3n) is 2.91. The second kappa shape index (κ2) is 5.36. The lowest BCUT2D eigenvalue weighted by atomic mass is 9.84. The largest absolute Gasteiger partial charge is 0.294 e. The summed E-state index contributed by atoms with van der Waals surface area (Å²) in [6.45, 7) is 3.70. The standard InChI is InChI=1S/C14H14ClN3O/c1-14(2,10-6-4-3-5-7-10)12(19)18-13-16-9-8-11(15)17-13/h3-9H,1-2H3,(H,16,17,18,19). The minimum atomic E-state index is -0.674. The first-order valence-electron chi connectivity index (χ1n) is 5.85. The van der Waals surface area contributed by atoms with E-state index in [1.165, 1.54) is 6.20 Å². The van der Waals surface area contributed by atoms with Crippen LogP contribution in [0.15, 0.2) is 42.6 Å². The summed E-state index contributed by atoms with van der Waals surface area (Å²) in [6.07, 6.45) is 1.50. The second-order valence-electron chi connectivity index (χ2n) is 4.65. The number of rotatable bonds is 3. The maximum atomic E-state index is 12.3. The van der Waals surface area contributed by atoms with Crippen molar-refractivity contribution in [3.05, 3.63) is 53.3 Å². The van der Waals surface area contributed by atoms with Gasteiger partial charge in [0, 0.05) is 6.20 Å². The molecule has 1 heterocycles. The summed E-state index contributed by atoms with van der Waals surface area (Å²) < 4.78 is 0. The number of halogens is 1. The molecule has 0 saturated carbocycles. The molecule has 1 amide bonds. The fourth-order valence-corrected chi connectivity index (χ4v) is 1.78. The van der Waals surface area contributed by atoms with Crippen molar-refractivity contribution in [1.82, 2.24) is 9.97 Å². The molecule has 0 radical (unpaired) electrons. The average molecular weight is 276 g/mol. The maximum Gasteiger partial charge on any atom is 0.236 e. The first kappa shape index (κ1) is 13.5. The van der Waals surface area contributed by atoms with E-state index in [0.717, 1.165) is 5.56 Å². The normalized spacial score (nSPS) is 11.1. The van der Waals surface area contributed by atoms with Crippen LogP contribution in [0.2, 0.25) is 5.15 Å². The molecule has 5 heteroatoms. The Balaban J connectivity index is 2.20. The van der Waals surface area contributed by atoms with Gasteiger partial charge in [-0.3, -0.25) is 10.1 Å². The van der Waals surface area contributed by atoms with Gasteiger partial charge in [-0.15, -0.1) is 0 Å². The summed E-state index contributed by atoms with van der Waals surface area (Å²) in [6, 6.07) is 11.1.